The van der Waals surface area contributed by atoms with E-state index in [4.69, 9.17) is 27.9 Å². The Hall–Kier alpha value is -2.82. The first-order chi connectivity index (χ1) is 15.4. The number of fused-ring (bicyclic) bond motifs is 1. The minimum atomic E-state index is -3.58. The van der Waals surface area contributed by atoms with E-state index in [1.807, 2.05) is 0 Å². The number of nitrogens with zero attached hydrogens (tertiary/aromatic N) is 1. The molecule has 1 aliphatic heterocycles. The fourth-order valence-corrected chi connectivity index (χ4v) is 4.14. The van der Waals surface area contributed by atoms with Crippen LogP contribution < -0.4 is 0 Å². The SMILES string of the molecule is CS(=O)(=O)CC[C@@H](C(=O)OCC(=O)c1ccc(F)cc1)N1C(=O)c2cc(Cl)c(Cl)cc2C1=O. The Morgan fingerprint density at radius 3 is 2.03 bits per heavy atom. The van der Waals surface area contributed by atoms with Crippen LogP contribution in [0.3, 0.4) is 0 Å². The monoisotopic (exact) mass is 515 g/mol. The molecule has 3 rings (SSSR count). The van der Waals surface area contributed by atoms with Gasteiger partial charge in [0.1, 0.15) is 21.7 Å². The lowest BCUT2D eigenvalue weighted by Gasteiger charge is -2.24. The molecule has 12 heteroatoms. The van der Waals surface area contributed by atoms with E-state index in [0.29, 0.717) is 4.90 Å². The van der Waals surface area contributed by atoms with Crippen molar-refractivity contribution in [1.29, 1.82) is 0 Å². The van der Waals surface area contributed by atoms with Crippen molar-refractivity contribution < 1.29 is 36.7 Å². The molecule has 2 amide bonds. The second-order valence-corrected chi connectivity index (χ2v) is 10.3. The summed E-state index contributed by atoms with van der Waals surface area (Å²) >= 11 is 11.8. The Bertz CT molecular complexity index is 1220. The Morgan fingerprint density at radius 2 is 1.55 bits per heavy atom. The summed E-state index contributed by atoms with van der Waals surface area (Å²) in [6.45, 7) is -0.763. The highest BCUT2D eigenvalue weighted by molar-refractivity contribution is 7.90. The first kappa shape index (κ1) is 24.8. The molecular formula is C21H16Cl2FNO7S. The van der Waals surface area contributed by atoms with Gasteiger partial charge in [-0.15, -0.1) is 0 Å². The van der Waals surface area contributed by atoms with Crippen LogP contribution in [0, 0.1) is 5.82 Å². The average Bonchev–Trinajstić information content (AvgIpc) is 2.97. The van der Waals surface area contributed by atoms with Gasteiger partial charge in [0.25, 0.3) is 11.8 Å². The van der Waals surface area contributed by atoms with Crippen LogP contribution in [0.15, 0.2) is 36.4 Å². The van der Waals surface area contributed by atoms with Gasteiger partial charge in [-0.25, -0.2) is 17.6 Å². The molecule has 0 bridgehead atoms. The Kier molecular flexibility index (Phi) is 7.20. The van der Waals surface area contributed by atoms with Crippen molar-refractivity contribution in [2.75, 3.05) is 18.6 Å². The number of halogens is 3. The molecule has 0 saturated heterocycles. The molecule has 1 atom stereocenters. The largest absolute Gasteiger partial charge is 0.456 e. The van der Waals surface area contributed by atoms with E-state index >= 15 is 0 Å². The lowest BCUT2D eigenvalue weighted by molar-refractivity contribution is -0.147. The summed E-state index contributed by atoms with van der Waals surface area (Å²) < 4.78 is 41.3. The number of sulfone groups is 1. The highest BCUT2D eigenvalue weighted by Crippen LogP contribution is 2.33. The summed E-state index contributed by atoms with van der Waals surface area (Å²) in [7, 11) is -3.58. The number of hydrogen-bond acceptors (Lipinski definition) is 7. The molecule has 1 aliphatic rings. The number of ether oxygens (including phenoxy) is 1. The molecule has 0 N–H and O–H groups in total. The van der Waals surface area contributed by atoms with Crippen molar-refractivity contribution in [1.82, 2.24) is 4.90 Å². The quantitative estimate of drug-likeness (QED) is 0.301. The van der Waals surface area contributed by atoms with Crippen LogP contribution in [0.4, 0.5) is 4.39 Å². The zero-order chi connectivity index (χ0) is 24.5. The highest BCUT2D eigenvalue weighted by Gasteiger charge is 2.44. The molecular weight excluding hydrogens is 500 g/mol. The molecule has 33 heavy (non-hydrogen) atoms. The summed E-state index contributed by atoms with van der Waals surface area (Å²) in [4.78, 5) is 51.3. The van der Waals surface area contributed by atoms with Crippen molar-refractivity contribution in [2.24, 2.45) is 0 Å². The van der Waals surface area contributed by atoms with Crippen LogP contribution >= 0.6 is 23.2 Å². The molecule has 174 valence electrons. The molecule has 0 aliphatic carbocycles. The van der Waals surface area contributed by atoms with Crippen molar-refractivity contribution in [3.05, 3.63) is 69.0 Å². The number of carbonyl (C=O) groups excluding carboxylic acids is 4. The first-order valence-electron chi connectivity index (χ1n) is 9.39. The summed E-state index contributed by atoms with van der Waals surface area (Å²) in [5, 5.41) is 0.0251. The number of hydrogen-bond donors (Lipinski definition) is 0. The fourth-order valence-electron chi connectivity index (χ4n) is 3.17. The third-order valence-corrected chi connectivity index (χ3v) is 6.52. The maximum atomic E-state index is 13.0. The summed E-state index contributed by atoms with van der Waals surface area (Å²) in [5.74, 6) is -4.67. The van der Waals surface area contributed by atoms with Crippen LogP contribution in [-0.2, 0) is 19.4 Å². The number of benzene rings is 2. The summed E-state index contributed by atoms with van der Waals surface area (Å²) in [6.07, 6.45) is 0.477. The van der Waals surface area contributed by atoms with Crippen LogP contribution in [-0.4, -0.2) is 61.5 Å². The Labute approximate surface area is 198 Å². The van der Waals surface area contributed by atoms with Gasteiger partial charge in [0.05, 0.1) is 26.9 Å². The number of amides is 2. The van der Waals surface area contributed by atoms with Crippen LogP contribution in [0.2, 0.25) is 10.0 Å². The lowest BCUT2D eigenvalue weighted by atomic mass is 10.1. The van der Waals surface area contributed by atoms with Gasteiger partial charge in [-0.3, -0.25) is 19.3 Å². The van der Waals surface area contributed by atoms with Gasteiger partial charge >= 0.3 is 5.97 Å². The van der Waals surface area contributed by atoms with Gasteiger partial charge in [0, 0.05) is 11.8 Å². The Balaban J connectivity index is 1.84. The molecule has 8 nitrogen and oxygen atoms in total. The molecule has 0 unspecified atom stereocenters. The van der Waals surface area contributed by atoms with Crippen LogP contribution in [0.1, 0.15) is 37.5 Å². The van der Waals surface area contributed by atoms with Crippen molar-refractivity contribution in [3.63, 3.8) is 0 Å². The van der Waals surface area contributed by atoms with Gasteiger partial charge in [0.15, 0.2) is 12.4 Å². The number of rotatable bonds is 8. The summed E-state index contributed by atoms with van der Waals surface area (Å²) in [5.41, 5.74) is -0.134. The second-order valence-electron chi connectivity index (χ2n) is 7.26. The molecule has 0 spiro atoms. The molecule has 0 fully saturated rings. The second kappa shape index (κ2) is 9.58. The van der Waals surface area contributed by atoms with Gasteiger partial charge in [-0.1, -0.05) is 23.2 Å². The minimum Gasteiger partial charge on any atom is -0.456 e. The highest BCUT2D eigenvalue weighted by atomic mass is 35.5. The van der Waals surface area contributed by atoms with E-state index in [2.05, 4.69) is 0 Å². The van der Waals surface area contributed by atoms with Gasteiger partial charge in [-0.2, -0.15) is 0 Å². The van der Waals surface area contributed by atoms with Crippen molar-refractivity contribution >= 4 is 56.6 Å². The first-order valence-corrected chi connectivity index (χ1v) is 12.2. The maximum Gasteiger partial charge on any atom is 0.329 e. The normalized spacial score (nSPS) is 14.2. The molecule has 1 heterocycles. The fraction of sp³-hybridized carbons (Fsp3) is 0.238. The van der Waals surface area contributed by atoms with E-state index in [1.165, 1.54) is 24.3 Å². The van der Waals surface area contributed by atoms with E-state index in [9.17, 15) is 32.0 Å². The van der Waals surface area contributed by atoms with Crippen molar-refractivity contribution in [3.8, 4) is 0 Å². The van der Waals surface area contributed by atoms with Gasteiger partial charge in [-0.05, 0) is 42.8 Å². The Morgan fingerprint density at radius 1 is 1.03 bits per heavy atom. The van der Waals surface area contributed by atoms with E-state index in [0.717, 1.165) is 18.4 Å². The number of ketones is 1. The van der Waals surface area contributed by atoms with Crippen molar-refractivity contribution in [2.45, 2.75) is 12.5 Å². The predicted octanol–water partition coefficient (Wildman–Crippen LogP) is 2.96. The molecule has 2 aromatic carbocycles. The van der Waals surface area contributed by atoms with Crippen LogP contribution in [0.5, 0.6) is 0 Å². The van der Waals surface area contributed by atoms with Gasteiger partial charge in [0.2, 0.25) is 0 Å². The van der Waals surface area contributed by atoms with Gasteiger partial charge < -0.3 is 4.74 Å². The molecule has 0 saturated carbocycles. The lowest BCUT2D eigenvalue weighted by Crippen LogP contribution is -2.46. The zero-order valence-corrected chi connectivity index (χ0v) is 19.3. The predicted molar refractivity (Wildman–Crippen MR) is 117 cm³/mol. The van der Waals surface area contributed by atoms with E-state index in [-0.39, 0.29) is 26.7 Å². The number of carbonyl (C=O) groups is 4. The molecule has 0 aromatic heterocycles. The third-order valence-electron chi connectivity index (χ3n) is 4.82. The minimum absolute atomic E-state index is 0.0126. The molecule has 0 radical (unpaired) electrons. The molecule has 2 aromatic rings. The third kappa shape index (κ3) is 5.58. The van der Waals surface area contributed by atoms with Crippen LogP contribution in [0.25, 0.3) is 0 Å². The number of Topliss-reactive ketones (excluding diaryl/α,β-unsaturated/α-hetero) is 1. The number of imide groups is 1. The summed E-state index contributed by atoms with van der Waals surface area (Å²) in [6, 6.07) is 5.24. The number of esters is 1. The van der Waals surface area contributed by atoms with E-state index < -0.39 is 64.0 Å². The topological polar surface area (TPSA) is 115 Å². The average molecular weight is 516 g/mol. The zero-order valence-electron chi connectivity index (χ0n) is 17.0. The van der Waals surface area contributed by atoms with E-state index in [1.54, 1.807) is 0 Å². The smallest absolute Gasteiger partial charge is 0.329 e. The standard InChI is InChI=1S/C21H16Cl2FNO7S/c1-33(30,31)7-6-17(21(29)32-10-18(26)11-2-4-12(24)5-3-11)25-19(27)13-8-15(22)16(23)9-14(13)20(25)28/h2-5,8-9,17H,6-7,10H2,1H3/t17-/m0/s1. The maximum absolute atomic E-state index is 13.0.